The van der Waals surface area contributed by atoms with Crippen molar-refractivity contribution < 1.29 is 9.59 Å². The molecule has 1 aliphatic heterocycles. The molecule has 0 unspecified atom stereocenters. The molecule has 1 heterocycles. The first-order chi connectivity index (χ1) is 11.6. The number of allylic oxidation sites excluding steroid dienone is 2. The van der Waals surface area contributed by atoms with Crippen LogP contribution in [0, 0.1) is 11.8 Å². The van der Waals surface area contributed by atoms with Crippen LogP contribution in [0.4, 0.5) is 5.69 Å². The van der Waals surface area contributed by atoms with Gasteiger partial charge in [-0.25, -0.2) is 0 Å². The highest BCUT2D eigenvalue weighted by atomic mass is 79.9. The number of carbonyl (C=O) groups is 2. The van der Waals surface area contributed by atoms with E-state index in [0.717, 1.165) is 15.6 Å². The van der Waals surface area contributed by atoms with E-state index in [1.54, 1.807) is 0 Å². The van der Waals surface area contributed by atoms with Crippen molar-refractivity contribution in [3.8, 4) is 0 Å². The molecule has 4 rings (SSSR count). The van der Waals surface area contributed by atoms with Gasteiger partial charge in [-0.05, 0) is 48.2 Å². The molecule has 0 radical (unpaired) electrons. The van der Waals surface area contributed by atoms with Gasteiger partial charge in [0.15, 0.2) is 0 Å². The van der Waals surface area contributed by atoms with E-state index in [1.165, 1.54) is 4.90 Å². The first kappa shape index (κ1) is 15.3. The second-order valence-corrected chi connectivity index (χ2v) is 7.15. The maximum atomic E-state index is 12.9. The van der Waals surface area contributed by atoms with Crippen LogP contribution in [-0.4, -0.2) is 11.8 Å². The minimum Gasteiger partial charge on any atom is -0.274 e. The van der Waals surface area contributed by atoms with E-state index in [9.17, 15) is 9.59 Å². The Morgan fingerprint density at radius 2 is 1.54 bits per heavy atom. The Kier molecular flexibility index (Phi) is 3.85. The van der Waals surface area contributed by atoms with Crippen molar-refractivity contribution in [2.24, 2.45) is 11.8 Å². The van der Waals surface area contributed by atoms with Crippen LogP contribution in [0.15, 0.2) is 65.1 Å². The van der Waals surface area contributed by atoms with Crippen molar-refractivity contribution in [2.45, 2.75) is 12.8 Å². The Morgan fingerprint density at radius 3 is 2.25 bits per heavy atom. The molecule has 2 aromatic carbocycles. The molecule has 1 saturated heterocycles. The molecule has 0 spiro atoms. The molecule has 0 N–H and O–H groups in total. The Balaban J connectivity index is 1.63. The zero-order valence-corrected chi connectivity index (χ0v) is 14.6. The highest BCUT2D eigenvalue weighted by Gasteiger charge is 2.49. The molecule has 0 saturated carbocycles. The van der Waals surface area contributed by atoms with E-state index >= 15 is 0 Å². The number of amides is 2. The first-order valence-electron chi connectivity index (χ1n) is 8.03. The van der Waals surface area contributed by atoms with Gasteiger partial charge < -0.3 is 0 Å². The maximum Gasteiger partial charge on any atom is 0.238 e. The van der Waals surface area contributed by atoms with Crippen LogP contribution >= 0.6 is 15.9 Å². The van der Waals surface area contributed by atoms with Crippen molar-refractivity contribution in [1.29, 1.82) is 0 Å². The van der Waals surface area contributed by atoms with Crippen molar-refractivity contribution >= 4 is 39.0 Å². The van der Waals surface area contributed by atoms with Crippen molar-refractivity contribution in [1.82, 2.24) is 0 Å². The minimum atomic E-state index is -0.249. The lowest BCUT2D eigenvalue weighted by Crippen LogP contribution is -2.30. The highest BCUT2D eigenvalue weighted by molar-refractivity contribution is 9.10. The third-order valence-electron chi connectivity index (χ3n) is 4.85. The fourth-order valence-corrected chi connectivity index (χ4v) is 3.87. The lowest BCUT2D eigenvalue weighted by Gasteiger charge is -2.21. The molecule has 0 aromatic heterocycles. The fourth-order valence-electron chi connectivity index (χ4n) is 3.60. The molecule has 1 fully saturated rings. The van der Waals surface area contributed by atoms with E-state index in [2.05, 4.69) is 34.1 Å². The molecule has 2 amide bonds. The quantitative estimate of drug-likeness (QED) is 0.721. The number of nitrogens with zero attached hydrogens (tertiary/aromatic N) is 1. The first-order valence-corrected chi connectivity index (χ1v) is 8.82. The van der Waals surface area contributed by atoms with Gasteiger partial charge in [0.25, 0.3) is 0 Å². The summed E-state index contributed by atoms with van der Waals surface area (Å²) in [6.07, 6.45) is 3.38. The largest absolute Gasteiger partial charge is 0.274 e. The summed E-state index contributed by atoms with van der Waals surface area (Å²) >= 11 is 3.38. The Labute approximate surface area is 149 Å². The third kappa shape index (κ3) is 2.51. The molecule has 1 aliphatic carbocycles. The summed E-state index contributed by atoms with van der Waals surface area (Å²) < 4.78 is 0.927. The molecule has 4 heteroatoms. The summed E-state index contributed by atoms with van der Waals surface area (Å²) in [7, 11) is 0. The molecular weight excluding hydrogens is 366 g/mol. The van der Waals surface area contributed by atoms with Gasteiger partial charge in [0.1, 0.15) is 0 Å². The summed E-state index contributed by atoms with van der Waals surface area (Å²) in [4.78, 5) is 27.0. The number of carbonyl (C=O) groups excluding carboxylic acids is 2. The average Bonchev–Trinajstić information content (AvgIpc) is 2.87. The number of halogens is 1. The van der Waals surface area contributed by atoms with Gasteiger partial charge in [-0.2, -0.15) is 0 Å². The van der Waals surface area contributed by atoms with Crippen LogP contribution < -0.4 is 4.90 Å². The van der Waals surface area contributed by atoms with Crippen molar-refractivity contribution in [3.63, 3.8) is 0 Å². The number of imide groups is 1. The fraction of sp³-hybridized carbons (Fsp3) is 0.200. The lowest BCUT2D eigenvalue weighted by molar-refractivity contribution is -0.122. The second kappa shape index (κ2) is 6.02. The predicted octanol–water partition coefficient (Wildman–Crippen LogP) is 4.43. The molecule has 0 bridgehead atoms. The highest BCUT2D eigenvalue weighted by Crippen LogP contribution is 2.42. The van der Waals surface area contributed by atoms with Crippen LogP contribution in [0.5, 0.6) is 0 Å². The molecule has 2 aromatic rings. The summed E-state index contributed by atoms with van der Waals surface area (Å²) in [6, 6.07) is 17.4. The monoisotopic (exact) mass is 381 g/mol. The molecule has 24 heavy (non-hydrogen) atoms. The Morgan fingerprint density at radius 1 is 0.875 bits per heavy atom. The van der Waals surface area contributed by atoms with Crippen LogP contribution in [0.25, 0.3) is 5.57 Å². The van der Waals surface area contributed by atoms with Gasteiger partial charge >= 0.3 is 0 Å². The second-order valence-electron chi connectivity index (χ2n) is 6.24. The molecule has 2 atom stereocenters. The normalized spacial score (nSPS) is 23.2. The van der Waals surface area contributed by atoms with Gasteiger partial charge in [-0.15, -0.1) is 0 Å². The lowest BCUT2D eigenvalue weighted by atomic mass is 9.79. The van der Waals surface area contributed by atoms with Crippen LogP contribution in [-0.2, 0) is 9.59 Å². The smallest absolute Gasteiger partial charge is 0.238 e. The Hall–Kier alpha value is -2.20. The van der Waals surface area contributed by atoms with E-state index < -0.39 is 0 Å². The molecule has 120 valence electrons. The Bertz CT molecular complexity index is 826. The number of rotatable bonds is 2. The van der Waals surface area contributed by atoms with E-state index in [4.69, 9.17) is 0 Å². The van der Waals surface area contributed by atoms with E-state index in [-0.39, 0.29) is 23.7 Å². The van der Waals surface area contributed by atoms with Gasteiger partial charge in [0.05, 0.1) is 17.5 Å². The summed E-state index contributed by atoms with van der Waals surface area (Å²) in [6.45, 7) is 0. The number of hydrogen-bond acceptors (Lipinski definition) is 2. The van der Waals surface area contributed by atoms with Crippen LogP contribution in [0.2, 0.25) is 0 Å². The number of benzene rings is 2. The van der Waals surface area contributed by atoms with E-state index in [1.807, 2.05) is 42.5 Å². The maximum absolute atomic E-state index is 12.9. The van der Waals surface area contributed by atoms with Crippen molar-refractivity contribution in [3.05, 3.63) is 70.7 Å². The molecule has 3 nitrogen and oxygen atoms in total. The number of fused-ring (bicyclic) bond motifs is 1. The zero-order valence-electron chi connectivity index (χ0n) is 13.0. The van der Waals surface area contributed by atoms with Crippen LogP contribution in [0.3, 0.4) is 0 Å². The van der Waals surface area contributed by atoms with Gasteiger partial charge in [0, 0.05) is 4.47 Å². The predicted molar refractivity (Wildman–Crippen MR) is 97.3 cm³/mol. The van der Waals surface area contributed by atoms with Gasteiger partial charge in [-0.3, -0.25) is 14.5 Å². The van der Waals surface area contributed by atoms with Crippen molar-refractivity contribution in [2.75, 3.05) is 4.90 Å². The summed E-state index contributed by atoms with van der Waals surface area (Å²) in [5.74, 6) is -0.625. The zero-order chi connectivity index (χ0) is 16.7. The average molecular weight is 382 g/mol. The molecule has 2 aliphatic rings. The van der Waals surface area contributed by atoms with E-state index in [0.29, 0.717) is 18.5 Å². The topological polar surface area (TPSA) is 37.4 Å². The summed E-state index contributed by atoms with van der Waals surface area (Å²) in [5, 5.41) is 0. The standard InChI is InChI=1S/C20H16BrNO2/c21-15-7-9-16(10-8-15)22-19(23)17-11-6-14(12-18(17)20(22)24)13-4-2-1-3-5-13/h1-10,17-18H,11-12H2/t17-,18+/m1/s1. The number of hydrogen-bond donors (Lipinski definition) is 0. The van der Waals surface area contributed by atoms with Gasteiger partial charge in [-0.1, -0.05) is 52.3 Å². The van der Waals surface area contributed by atoms with Gasteiger partial charge in [0.2, 0.25) is 11.8 Å². The molecular formula is C20H16BrNO2. The number of anilines is 1. The van der Waals surface area contributed by atoms with Crippen LogP contribution in [0.1, 0.15) is 18.4 Å². The SMILES string of the molecule is O=C1[C@H]2CC(c3ccccc3)=CC[C@H]2C(=O)N1c1ccc(Br)cc1. The minimum absolute atomic E-state index is 0.0734. The third-order valence-corrected chi connectivity index (χ3v) is 5.38. The summed E-state index contributed by atoms with van der Waals surface area (Å²) in [5.41, 5.74) is 2.96.